The minimum Gasteiger partial charge on any atom is -0.871 e. The Balaban J connectivity index is 1.51. The van der Waals surface area contributed by atoms with Gasteiger partial charge in [0.25, 0.3) is 0 Å². The molecule has 1 aromatic heterocycles. The third kappa shape index (κ3) is 2.92. The van der Waals surface area contributed by atoms with E-state index in [0.29, 0.717) is 5.57 Å². The van der Waals surface area contributed by atoms with Crippen LogP contribution >= 0.6 is 23.1 Å². The van der Waals surface area contributed by atoms with E-state index < -0.39 is 0 Å². The number of para-hydroxylation sites is 1. The van der Waals surface area contributed by atoms with Gasteiger partial charge in [-0.3, -0.25) is 4.79 Å². The summed E-state index contributed by atoms with van der Waals surface area (Å²) in [7, 11) is 0. The van der Waals surface area contributed by atoms with Crippen molar-refractivity contribution in [3.8, 4) is 0 Å². The summed E-state index contributed by atoms with van der Waals surface area (Å²) in [5, 5.41) is 15.0. The normalized spacial score (nSPS) is 18.6. The molecule has 0 saturated heterocycles. The highest BCUT2D eigenvalue weighted by Gasteiger charge is 2.30. The highest BCUT2D eigenvalue weighted by atomic mass is 32.2. The lowest BCUT2D eigenvalue weighted by molar-refractivity contribution is -0.300. The van der Waals surface area contributed by atoms with Gasteiger partial charge in [0.15, 0.2) is 5.78 Å². The van der Waals surface area contributed by atoms with Crippen molar-refractivity contribution < 1.29 is 9.90 Å². The van der Waals surface area contributed by atoms with E-state index in [1.165, 1.54) is 15.6 Å². The summed E-state index contributed by atoms with van der Waals surface area (Å²) >= 11 is 3.25. The highest BCUT2D eigenvalue weighted by Crippen LogP contribution is 2.47. The fourth-order valence-electron chi connectivity index (χ4n) is 4.04. The zero-order chi connectivity index (χ0) is 20.8. The zero-order valence-electron chi connectivity index (χ0n) is 16.8. The lowest BCUT2D eigenvalue weighted by Crippen LogP contribution is -2.29. The standard InChI is InChI=1S/C25H21NO2S2/c1-3-15-16-9-5-7-11-20(16)29-22(15)13-17-24(27)18(25(17)28)14-23-26(4-2)19-10-6-8-12-21(19)30-23/h5-14,27H,3-4H2,1-2H3/p-1/b17-13?,23-14-. The number of thioether (sulfide) groups is 1. The number of fused-ring (bicyclic) bond motifs is 2. The van der Waals surface area contributed by atoms with Crippen LogP contribution in [0.2, 0.25) is 0 Å². The molecule has 5 heteroatoms. The smallest absolute Gasteiger partial charge is 0.191 e. The van der Waals surface area contributed by atoms with Gasteiger partial charge in [0.2, 0.25) is 0 Å². The van der Waals surface area contributed by atoms with E-state index in [0.717, 1.165) is 33.5 Å². The molecule has 0 N–H and O–H groups in total. The first-order chi connectivity index (χ1) is 14.6. The zero-order valence-corrected chi connectivity index (χ0v) is 18.4. The summed E-state index contributed by atoms with van der Waals surface area (Å²) in [5.74, 6) is -0.306. The van der Waals surface area contributed by atoms with Crippen molar-refractivity contribution in [1.29, 1.82) is 0 Å². The summed E-state index contributed by atoms with van der Waals surface area (Å²) in [4.78, 5) is 17.2. The first-order valence-electron chi connectivity index (χ1n) is 10.1. The van der Waals surface area contributed by atoms with Crippen molar-refractivity contribution >= 4 is 50.7 Å². The van der Waals surface area contributed by atoms with Gasteiger partial charge in [-0.25, -0.2) is 0 Å². The Labute approximate surface area is 184 Å². The van der Waals surface area contributed by atoms with Gasteiger partial charge in [0, 0.05) is 32.2 Å². The maximum absolute atomic E-state index is 12.9. The number of carbonyl (C=O) groups is 1. The number of benzene rings is 2. The molecule has 0 amide bonds. The van der Waals surface area contributed by atoms with Gasteiger partial charge >= 0.3 is 0 Å². The molecule has 3 nitrogen and oxygen atoms in total. The Morgan fingerprint density at radius 1 is 1.03 bits per heavy atom. The van der Waals surface area contributed by atoms with Crippen LogP contribution in [0.25, 0.3) is 16.2 Å². The van der Waals surface area contributed by atoms with Gasteiger partial charge in [0.1, 0.15) is 0 Å². The summed E-state index contributed by atoms with van der Waals surface area (Å²) in [6.07, 6.45) is 4.43. The van der Waals surface area contributed by atoms with Crippen LogP contribution in [0.3, 0.4) is 0 Å². The number of Topliss-reactive ketones (excluding diaryl/α,β-unsaturated/α-hetero) is 1. The number of anilines is 1. The molecule has 2 aliphatic rings. The monoisotopic (exact) mass is 430 g/mol. The number of aryl methyl sites for hydroxylation is 1. The second-order valence-corrected chi connectivity index (χ2v) is 9.37. The number of allylic oxidation sites excluding steroid dienone is 3. The Bertz CT molecular complexity index is 1280. The lowest BCUT2D eigenvalue weighted by Gasteiger charge is -2.29. The maximum Gasteiger partial charge on any atom is 0.191 e. The SMILES string of the molecule is CCc1c(C=C2C(=O)C(/C=C3\Sc4ccccc4N3CC)=C2[O-])sc2ccccc12. The number of hydrogen-bond acceptors (Lipinski definition) is 5. The number of carbonyl (C=O) groups excluding carboxylic acids is 1. The maximum atomic E-state index is 12.9. The highest BCUT2D eigenvalue weighted by molar-refractivity contribution is 8.03. The molecule has 0 fully saturated rings. The number of ketones is 1. The summed E-state index contributed by atoms with van der Waals surface area (Å²) in [6, 6.07) is 16.4. The van der Waals surface area contributed by atoms with E-state index in [1.807, 2.05) is 24.3 Å². The largest absolute Gasteiger partial charge is 0.871 e. The fourth-order valence-corrected chi connectivity index (χ4v) is 6.44. The first kappa shape index (κ1) is 19.2. The van der Waals surface area contributed by atoms with Crippen molar-refractivity contribution in [3.63, 3.8) is 0 Å². The summed E-state index contributed by atoms with van der Waals surface area (Å²) < 4.78 is 1.19. The van der Waals surface area contributed by atoms with Gasteiger partial charge in [-0.1, -0.05) is 54.8 Å². The first-order valence-corrected chi connectivity index (χ1v) is 11.7. The van der Waals surface area contributed by atoms with Gasteiger partial charge in [-0.2, -0.15) is 0 Å². The van der Waals surface area contributed by atoms with Crippen LogP contribution in [-0.2, 0) is 11.2 Å². The predicted octanol–water partition coefficient (Wildman–Crippen LogP) is 5.52. The summed E-state index contributed by atoms with van der Waals surface area (Å²) in [5.41, 5.74) is 2.92. The number of nitrogens with zero attached hydrogens (tertiary/aromatic N) is 1. The molecule has 150 valence electrons. The van der Waals surface area contributed by atoms with E-state index in [1.54, 1.807) is 35.3 Å². The van der Waals surface area contributed by atoms with E-state index in [9.17, 15) is 9.90 Å². The molecule has 0 spiro atoms. The Hall–Kier alpha value is -2.76. The molecule has 0 saturated carbocycles. The van der Waals surface area contributed by atoms with E-state index >= 15 is 0 Å². The molecule has 2 aromatic carbocycles. The number of rotatable bonds is 4. The molecule has 1 aliphatic heterocycles. The number of hydrogen-bond donors (Lipinski definition) is 0. The Morgan fingerprint density at radius 3 is 2.57 bits per heavy atom. The van der Waals surface area contributed by atoms with Crippen LogP contribution in [0.1, 0.15) is 24.3 Å². The third-order valence-electron chi connectivity index (χ3n) is 5.56. The molecule has 0 bridgehead atoms. The van der Waals surface area contributed by atoms with Crippen molar-refractivity contribution in [2.24, 2.45) is 0 Å². The quantitative estimate of drug-likeness (QED) is 0.511. The van der Waals surface area contributed by atoms with E-state index in [-0.39, 0.29) is 17.1 Å². The van der Waals surface area contributed by atoms with Crippen LogP contribution in [0.15, 0.2) is 81.4 Å². The Kier molecular flexibility index (Phi) is 4.80. The predicted molar refractivity (Wildman–Crippen MR) is 125 cm³/mol. The third-order valence-corrected chi connectivity index (χ3v) is 7.83. The van der Waals surface area contributed by atoms with E-state index in [2.05, 4.69) is 43.0 Å². The van der Waals surface area contributed by atoms with Crippen molar-refractivity contribution in [3.05, 3.63) is 87.0 Å². The van der Waals surface area contributed by atoms with Crippen molar-refractivity contribution in [2.45, 2.75) is 25.2 Å². The van der Waals surface area contributed by atoms with Crippen molar-refractivity contribution in [2.75, 3.05) is 11.4 Å². The summed E-state index contributed by atoms with van der Waals surface area (Å²) in [6.45, 7) is 4.97. The Morgan fingerprint density at radius 2 is 1.80 bits per heavy atom. The molecule has 1 aliphatic carbocycles. The molecular formula is C25H20NO2S2-. The molecule has 0 radical (unpaired) electrons. The molecule has 0 unspecified atom stereocenters. The van der Waals surface area contributed by atoms with Crippen molar-refractivity contribution in [1.82, 2.24) is 0 Å². The molecule has 3 aromatic rings. The second-order valence-electron chi connectivity index (χ2n) is 7.22. The molecule has 2 heterocycles. The van der Waals surface area contributed by atoms with Crippen LogP contribution in [0, 0.1) is 0 Å². The van der Waals surface area contributed by atoms with Gasteiger partial charge in [-0.05, 0) is 54.6 Å². The minimum atomic E-state index is -0.153. The lowest BCUT2D eigenvalue weighted by atomic mass is 9.87. The molecule has 30 heavy (non-hydrogen) atoms. The van der Waals surface area contributed by atoms with Gasteiger partial charge in [0.05, 0.1) is 10.7 Å². The van der Waals surface area contributed by atoms with Gasteiger partial charge < -0.3 is 10.0 Å². The van der Waals surface area contributed by atoms with Crippen LogP contribution in [0.4, 0.5) is 5.69 Å². The van der Waals surface area contributed by atoms with Crippen LogP contribution < -0.4 is 10.0 Å². The second kappa shape index (κ2) is 7.49. The van der Waals surface area contributed by atoms with Crippen LogP contribution in [0.5, 0.6) is 0 Å². The molecular weight excluding hydrogens is 410 g/mol. The molecule has 0 atom stereocenters. The molecule has 5 rings (SSSR count). The number of thiophene rings is 1. The van der Waals surface area contributed by atoms with Gasteiger partial charge in [-0.15, -0.1) is 11.3 Å². The fraction of sp³-hybridized carbons (Fsp3) is 0.160. The van der Waals surface area contributed by atoms with Crippen LogP contribution in [-0.4, -0.2) is 12.3 Å². The topological polar surface area (TPSA) is 43.4 Å². The van der Waals surface area contributed by atoms with E-state index in [4.69, 9.17) is 0 Å². The average molecular weight is 431 g/mol. The average Bonchev–Trinajstić information content (AvgIpc) is 3.32. The minimum absolute atomic E-state index is 0.153.